The molecule has 2 N–H and O–H groups in total. The zero-order valence-electron chi connectivity index (χ0n) is 28.0. The van der Waals surface area contributed by atoms with Gasteiger partial charge in [-0.25, -0.2) is 9.59 Å². The van der Waals surface area contributed by atoms with Gasteiger partial charge in [0.2, 0.25) is 11.8 Å². The minimum atomic E-state index is -0.634. The van der Waals surface area contributed by atoms with Crippen molar-refractivity contribution in [1.82, 2.24) is 20.4 Å². The first-order valence-corrected chi connectivity index (χ1v) is 17.3. The maximum absolute atomic E-state index is 13.6. The third-order valence-corrected chi connectivity index (χ3v) is 9.78. The normalized spacial score (nSPS) is 16.1. The molecule has 258 valence electrons. The third-order valence-electron chi connectivity index (χ3n) is 9.78. The average molecular weight is 663 g/mol. The Balaban J connectivity index is 1.27. The molecular weight excluding hydrogens is 616 g/mol. The van der Waals surface area contributed by atoms with Gasteiger partial charge in [0.25, 0.3) is 0 Å². The van der Waals surface area contributed by atoms with Crippen LogP contribution < -0.4 is 31.4 Å². The van der Waals surface area contributed by atoms with Gasteiger partial charge in [0, 0.05) is 49.8 Å². The molecule has 0 spiro atoms. The fourth-order valence-corrected chi connectivity index (χ4v) is 7.26. The lowest BCUT2D eigenvalue weighted by Crippen LogP contribution is -2.37. The highest BCUT2D eigenvalue weighted by molar-refractivity contribution is 6.22. The summed E-state index contributed by atoms with van der Waals surface area (Å²) in [7, 11) is 2.92. The van der Waals surface area contributed by atoms with Crippen LogP contribution in [0.2, 0.25) is 0 Å². The van der Waals surface area contributed by atoms with Crippen molar-refractivity contribution in [2.45, 2.75) is 64.2 Å². The number of aryl methyl sites for hydroxylation is 2. The lowest BCUT2D eigenvalue weighted by molar-refractivity contribution is -0.121. The molecule has 2 fully saturated rings. The number of carbonyl (C=O) groups is 2. The lowest BCUT2D eigenvalue weighted by atomic mass is 9.93. The first kappa shape index (κ1) is 33.7. The van der Waals surface area contributed by atoms with Gasteiger partial charge < -0.3 is 38.7 Å². The van der Waals surface area contributed by atoms with Crippen molar-refractivity contribution in [1.29, 1.82) is 0 Å². The number of benzene rings is 2. The Labute approximate surface area is 279 Å². The van der Waals surface area contributed by atoms with E-state index in [1.165, 1.54) is 52.7 Å². The third kappa shape index (κ3) is 7.29. The first-order valence-electron chi connectivity index (χ1n) is 17.3. The van der Waals surface area contributed by atoms with Crippen molar-refractivity contribution in [3.05, 3.63) is 44.1 Å². The van der Waals surface area contributed by atoms with Crippen LogP contribution in [-0.4, -0.2) is 88.2 Å². The molecule has 12 heteroatoms. The van der Waals surface area contributed by atoms with E-state index in [2.05, 4.69) is 20.4 Å². The predicted octanol–water partition coefficient (Wildman–Crippen LogP) is 3.58. The molecule has 48 heavy (non-hydrogen) atoms. The van der Waals surface area contributed by atoms with E-state index in [1.807, 2.05) is 0 Å². The number of carbonyl (C=O) groups excluding carboxylic acids is 2. The van der Waals surface area contributed by atoms with Crippen LogP contribution in [0.15, 0.2) is 30.6 Å². The molecule has 0 unspecified atom stereocenters. The minimum absolute atomic E-state index is 0.118. The Morgan fingerprint density at radius 3 is 1.42 bits per heavy atom. The highest BCUT2D eigenvalue weighted by Crippen LogP contribution is 2.42. The summed E-state index contributed by atoms with van der Waals surface area (Å²) >= 11 is 0. The topological polar surface area (TPSA) is 144 Å². The SMILES string of the molecule is COc1cc(CCC(=O)NCCN2CCCCC2)c2c(=O)oc3c(OC)cc(CCC(=O)NCCN4CCCCC4)c4c(=O)oc1c2c34. The van der Waals surface area contributed by atoms with Crippen molar-refractivity contribution in [3.63, 3.8) is 0 Å². The van der Waals surface area contributed by atoms with Crippen LogP contribution in [0.4, 0.5) is 0 Å². The summed E-state index contributed by atoms with van der Waals surface area (Å²) in [5.41, 5.74) is 0.0667. The number of piperidine rings is 2. The Morgan fingerprint density at radius 2 is 1.04 bits per heavy atom. The molecular formula is C36H46N4O8. The van der Waals surface area contributed by atoms with Gasteiger partial charge in [-0.1, -0.05) is 12.8 Å². The number of nitrogens with one attached hydrogen (secondary N) is 2. The summed E-state index contributed by atoms with van der Waals surface area (Å²) in [5, 5.41) is 7.20. The van der Waals surface area contributed by atoms with Crippen LogP contribution in [0.1, 0.15) is 62.5 Å². The van der Waals surface area contributed by atoms with E-state index in [4.69, 9.17) is 18.3 Å². The summed E-state index contributed by atoms with van der Waals surface area (Å²) in [5.74, 6) is 0.300. The fourth-order valence-electron chi connectivity index (χ4n) is 7.26. The van der Waals surface area contributed by atoms with E-state index in [1.54, 1.807) is 12.1 Å². The summed E-state index contributed by atoms with van der Waals surface area (Å²) < 4.78 is 22.9. The summed E-state index contributed by atoms with van der Waals surface area (Å²) in [4.78, 5) is 57.6. The molecule has 2 aromatic heterocycles. The molecule has 4 aromatic rings. The first-order chi connectivity index (χ1) is 23.4. The quantitative estimate of drug-likeness (QED) is 0.152. The summed E-state index contributed by atoms with van der Waals surface area (Å²) in [6, 6.07) is 3.27. The Hall–Kier alpha value is -4.16. The molecule has 2 aromatic carbocycles. The van der Waals surface area contributed by atoms with E-state index in [0.717, 1.165) is 39.3 Å². The molecule has 0 atom stereocenters. The number of rotatable bonds is 14. The molecule has 6 rings (SSSR count). The number of hydrogen-bond donors (Lipinski definition) is 2. The van der Waals surface area contributed by atoms with Crippen molar-refractivity contribution in [2.75, 3.05) is 66.6 Å². The zero-order valence-corrected chi connectivity index (χ0v) is 28.0. The molecule has 0 aliphatic carbocycles. The monoisotopic (exact) mass is 662 g/mol. The largest absolute Gasteiger partial charge is 0.493 e. The molecule has 4 heterocycles. The van der Waals surface area contributed by atoms with Gasteiger partial charge in [0.15, 0.2) is 22.7 Å². The number of nitrogens with zero attached hydrogens (tertiary/aromatic N) is 2. The zero-order chi connectivity index (χ0) is 33.6. The van der Waals surface area contributed by atoms with E-state index < -0.39 is 11.3 Å². The van der Waals surface area contributed by atoms with Crippen LogP contribution in [0.25, 0.3) is 32.7 Å². The van der Waals surface area contributed by atoms with Crippen LogP contribution in [0, 0.1) is 0 Å². The van der Waals surface area contributed by atoms with Gasteiger partial charge in [-0.3, -0.25) is 9.59 Å². The van der Waals surface area contributed by atoms with Crippen molar-refractivity contribution in [3.8, 4) is 11.5 Å². The van der Waals surface area contributed by atoms with Crippen LogP contribution in [-0.2, 0) is 22.4 Å². The molecule has 0 bridgehead atoms. The van der Waals surface area contributed by atoms with Crippen molar-refractivity contribution in [2.24, 2.45) is 0 Å². The Morgan fingerprint density at radius 1 is 0.646 bits per heavy atom. The number of hydrogen-bond acceptors (Lipinski definition) is 10. The second kappa shape index (κ2) is 15.4. The smallest absolute Gasteiger partial charge is 0.344 e. The van der Waals surface area contributed by atoms with E-state index >= 15 is 0 Å². The number of likely N-dealkylation sites (tertiary alicyclic amines) is 2. The standard InChI is InChI=1S/C36H46N4O8/c1-45-25-21-23(9-11-27(41)37-13-19-39-15-5-3-6-16-39)29-31-32-30(35(43)47-33(25)31)24(22-26(46-2)34(32)48-36(29)44)10-12-28(42)38-14-20-40-17-7-4-8-18-40/h21-22H,3-20H2,1-2H3,(H,37,41)(H,38,42). The van der Waals surface area contributed by atoms with Crippen LogP contribution in [0.5, 0.6) is 11.5 Å². The molecule has 2 amide bonds. The summed E-state index contributed by atoms with van der Waals surface area (Å²) in [6.45, 7) is 6.98. The van der Waals surface area contributed by atoms with Gasteiger partial charge in [0.05, 0.1) is 25.0 Å². The second-order valence-electron chi connectivity index (χ2n) is 12.9. The van der Waals surface area contributed by atoms with E-state index in [-0.39, 0.29) is 70.9 Å². The highest BCUT2D eigenvalue weighted by Gasteiger charge is 2.27. The van der Waals surface area contributed by atoms with E-state index in [0.29, 0.717) is 35.0 Å². The summed E-state index contributed by atoms with van der Waals surface area (Å²) in [6.07, 6.45) is 8.07. The Kier molecular flexibility index (Phi) is 10.8. The van der Waals surface area contributed by atoms with Gasteiger partial charge in [-0.05, 0) is 88.0 Å². The van der Waals surface area contributed by atoms with Crippen molar-refractivity contribution < 1.29 is 27.9 Å². The molecule has 2 aliphatic rings. The maximum atomic E-state index is 13.6. The van der Waals surface area contributed by atoms with Crippen LogP contribution in [0.3, 0.4) is 0 Å². The van der Waals surface area contributed by atoms with Gasteiger partial charge in [-0.2, -0.15) is 0 Å². The number of methoxy groups -OCH3 is 2. The predicted molar refractivity (Wildman–Crippen MR) is 184 cm³/mol. The molecule has 0 saturated carbocycles. The Bertz CT molecular complexity index is 1730. The molecule has 2 saturated heterocycles. The number of amides is 2. The molecule has 0 radical (unpaired) electrons. The lowest BCUT2D eigenvalue weighted by Gasteiger charge is -2.26. The fraction of sp³-hybridized carbons (Fsp3) is 0.556. The number of ether oxygens (including phenoxy) is 2. The molecule has 2 aliphatic heterocycles. The average Bonchev–Trinajstić information content (AvgIpc) is 3.10. The van der Waals surface area contributed by atoms with Gasteiger partial charge >= 0.3 is 11.3 Å². The maximum Gasteiger partial charge on any atom is 0.344 e. The van der Waals surface area contributed by atoms with E-state index in [9.17, 15) is 19.2 Å². The molecule has 12 nitrogen and oxygen atoms in total. The minimum Gasteiger partial charge on any atom is -0.493 e. The highest BCUT2D eigenvalue weighted by atomic mass is 16.5. The van der Waals surface area contributed by atoms with Gasteiger partial charge in [-0.15, -0.1) is 0 Å². The van der Waals surface area contributed by atoms with Crippen molar-refractivity contribution >= 4 is 44.5 Å². The van der Waals surface area contributed by atoms with Crippen LogP contribution >= 0.6 is 0 Å². The van der Waals surface area contributed by atoms with Gasteiger partial charge in [0.1, 0.15) is 0 Å². The second-order valence-corrected chi connectivity index (χ2v) is 12.9.